The van der Waals surface area contributed by atoms with Gasteiger partial charge in [-0.05, 0) is 83.2 Å². The lowest BCUT2D eigenvalue weighted by Crippen LogP contribution is -2.26. The molecule has 0 aromatic heterocycles. The highest BCUT2D eigenvalue weighted by Gasteiger charge is 2.21. The van der Waals surface area contributed by atoms with Crippen LogP contribution in [0.15, 0.2) is 35.5 Å². The minimum absolute atomic E-state index is 0.619. The molecule has 0 amide bonds. The van der Waals surface area contributed by atoms with Gasteiger partial charge in [-0.15, -0.1) is 0 Å². The Bertz CT molecular complexity index is 452. The Labute approximate surface area is 138 Å². The fourth-order valence-electron chi connectivity index (χ4n) is 2.11. The van der Waals surface area contributed by atoms with Gasteiger partial charge in [0.15, 0.2) is 0 Å². The molecular weight excluding hydrogens is 308 g/mol. The maximum atomic E-state index is 6.21. The zero-order chi connectivity index (χ0) is 16.8. The van der Waals surface area contributed by atoms with Crippen LogP contribution in [-0.4, -0.2) is 23.2 Å². The second-order valence-electron chi connectivity index (χ2n) is 7.50. The average Bonchev–Trinajstić information content (AvgIpc) is 2.34. The maximum Gasteiger partial charge on any atom is 0.265 e. The van der Waals surface area contributed by atoms with Gasteiger partial charge in [0, 0.05) is 6.08 Å². The maximum absolute atomic E-state index is 6.21. The van der Waals surface area contributed by atoms with Crippen molar-refractivity contribution in [3.63, 3.8) is 0 Å². The first kappa shape index (κ1) is 19.1. The standard InChI is InChI=1S/C17H32O3Si2/c1-8-18-17(20-22(5,6)7)14-13-15-11-9-10-12-16(15)19-21(2,3)4/h12-14H,8-11H2,1-7H3/b15-13+,17-14-. The van der Waals surface area contributed by atoms with Crippen LogP contribution >= 0.6 is 0 Å². The third kappa shape index (κ3) is 7.89. The molecule has 0 spiro atoms. The predicted molar refractivity (Wildman–Crippen MR) is 98.6 cm³/mol. The van der Waals surface area contributed by atoms with E-state index in [1.807, 2.05) is 13.0 Å². The minimum atomic E-state index is -1.66. The number of hydrogen-bond donors (Lipinski definition) is 0. The van der Waals surface area contributed by atoms with Gasteiger partial charge in [0.1, 0.15) is 5.76 Å². The van der Waals surface area contributed by atoms with E-state index in [-0.39, 0.29) is 0 Å². The molecule has 0 aromatic carbocycles. The molecule has 1 aliphatic rings. The Morgan fingerprint density at radius 1 is 1.14 bits per heavy atom. The first-order chi connectivity index (χ1) is 10.1. The van der Waals surface area contributed by atoms with Crippen LogP contribution in [-0.2, 0) is 13.6 Å². The van der Waals surface area contributed by atoms with Crippen LogP contribution in [0.3, 0.4) is 0 Å². The van der Waals surface area contributed by atoms with Crippen molar-refractivity contribution in [2.24, 2.45) is 0 Å². The van der Waals surface area contributed by atoms with E-state index in [0.717, 1.165) is 18.6 Å². The normalized spacial score (nSPS) is 19.0. The van der Waals surface area contributed by atoms with E-state index >= 15 is 0 Å². The topological polar surface area (TPSA) is 27.7 Å². The highest BCUT2D eigenvalue weighted by atomic mass is 28.4. The van der Waals surface area contributed by atoms with Gasteiger partial charge in [0.05, 0.1) is 6.61 Å². The third-order valence-electron chi connectivity index (χ3n) is 2.83. The van der Waals surface area contributed by atoms with Crippen molar-refractivity contribution in [2.45, 2.75) is 65.5 Å². The summed E-state index contributed by atoms with van der Waals surface area (Å²) in [6.45, 7) is 15.7. The van der Waals surface area contributed by atoms with Crippen molar-refractivity contribution < 1.29 is 13.6 Å². The molecule has 3 nitrogen and oxygen atoms in total. The van der Waals surface area contributed by atoms with E-state index < -0.39 is 16.6 Å². The van der Waals surface area contributed by atoms with Gasteiger partial charge < -0.3 is 13.6 Å². The van der Waals surface area contributed by atoms with Crippen LogP contribution in [0.4, 0.5) is 0 Å². The van der Waals surface area contributed by atoms with E-state index in [0.29, 0.717) is 12.6 Å². The molecule has 1 aliphatic carbocycles. The third-order valence-corrected chi connectivity index (χ3v) is 4.47. The SMILES string of the molecule is CCO/C(=C/C=C1\CCCC=C1O[Si](C)(C)C)O[Si](C)(C)C. The molecule has 126 valence electrons. The van der Waals surface area contributed by atoms with E-state index in [2.05, 4.69) is 51.4 Å². The van der Waals surface area contributed by atoms with E-state index in [1.165, 1.54) is 12.0 Å². The van der Waals surface area contributed by atoms with Crippen LogP contribution in [0.5, 0.6) is 0 Å². The summed E-state index contributed by atoms with van der Waals surface area (Å²) in [5.74, 6) is 1.69. The zero-order valence-electron chi connectivity index (χ0n) is 15.3. The van der Waals surface area contributed by atoms with E-state index in [1.54, 1.807) is 0 Å². The number of ether oxygens (including phenoxy) is 1. The molecule has 22 heavy (non-hydrogen) atoms. The molecule has 0 heterocycles. The summed E-state index contributed by atoms with van der Waals surface area (Å²) in [5.41, 5.74) is 1.25. The molecule has 0 radical (unpaired) electrons. The van der Waals surface area contributed by atoms with E-state index in [4.69, 9.17) is 13.6 Å². The van der Waals surface area contributed by atoms with Gasteiger partial charge in [-0.3, -0.25) is 0 Å². The molecule has 0 saturated carbocycles. The van der Waals surface area contributed by atoms with Gasteiger partial charge in [0.2, 0.25) is 16.6 Å². The van der Waals surface area contributed by atoms with Crippen LogP contribution in [0.1, 0.15) is 26.2 Å². The van der Waals surface area contributed by atoms with Gasteiger partial charge in [0.25, 0.3) is 5.95 Å². The summed E-state index contributed by atoms with van der Waals surface area (Å²) in [7, 11) is -3.24. The first-order valence-electron chi connectivity index (χ1n) is 8.23. The Morgan fingerprint density at radius 3 is 2.36 bits per heavy atom. The smallest absolute Gasteiger partial charge is 0.265 e. The summed E-state index contributed by atoms with van der Waals surface area (Å²) in [4.78, 5) is 0. The Balaban J connectivity index is 2.92. The molecule has 0 fully saturated rings. The van der Waals surface area contributed by atoms with Crippen LogP contribution in [0, 0.1) is 0 Å². The van der Waals surface area contributed by atoms with Crippen molar-refractivity contribution in [1.82, 2.24) is 0 Å². The lowest BCUT2D eigenvalue weighted by Gasteiger charge is -2.26. The highest BCUT2D eigenvalue weighted by Crippen LogP contribution is 2.28. The Hall–Kier alpha value is -0.946. The quantitative estimate of drug-likeness (QED) is 0.448. The number of allylic oxidation sites excluding steroid dienone is 4. The summed E-state index contributed by atoms with van der Waals surface area (Å²) < 4.78 is 17.8. The molecule has 0 unspecified atom stereocenters. The molecule has 0 aliphatic heterocycles. The van der Waals surface area contributed by atoms with Crippen molar-refractivity contribution in [3.05, 3.63) is 35.5 Å². The largest absolute Gasteiger partial charge is 0.544 e. The van der Waals surface area contributed by atoms with Crippen LogP contribution < -0.4 is 0 Å². The van der Waals surface area contributed by atoms with Crippen LogP contribution in [0.2, 0.25) is 39.3 Å². The first-order valence-corrected chi connectivity index (χ1v) is 15.0. The molecule has 0 atom stereocenters. The molecule has 1 rings (SSSR count). The molecule has 0 saturated heterocycles. The summed E-state index contributed by atoms with van der Waals surface area (Å²) in [6.07, 6.45) is 9.63. The molecular formula is C17H32O3Si2. The van der Waals surface area contributed by atoms with Crippen molar-refractivity contribution >= 4 is 16.6 Å². The van der Waals surface area contributed by atoms with Crippen LogP contribution in [0.25, 0.3) is 0 Å². The van der Waals surface area contributed by atoms with Gasteiger partial charge in [-0.1, -0.05) is 0 Å². The molecule has 0 N–H and O–H groups in total. The molecule has 0 bridgehead atoms. The molecule has 0 aromatic rings. The van der Waals surface area contributed by atoms with Gasteiger partial charge >= 0.3 is 0 Å². The Morgan fingerprint density at radius 2 is 1.82 bits per heavy atom. The predicted octanol–water partition coefficient (Wildman–Crippen LogP) is 5.56. The van der Waals surface area contributed by atoms with Crippen molar-refractivity contribution in [1.29, 1.82) is 0 Å². The summed E-state index contributed by atoms with van der Waals surface area (Å²) in [5, 5.41) is 0. The second kappa shape index (κ2) is 8.06. The summed E-state index contributed by atoms with van der Waals surface area (Å²) in [6, 6.07) is 0. The van der Waals surface area contributed by atoms with Gasteiger partial charge in [-0.2, -0.15) is 0 Å². The van der Waals surface area contributed by atoms with Crippen molar-refractivity contribution in [2.75, 3.05) is 6.61 Å². The highest BCUT2D eigenvalue weighted by molar-refractivity contribution is 6.70. The zero-order valence-corrected chi connectivity index (χ0v) is 17.3. The minimum Gasteiger partial charge on any atom is -0.544 e. The summed E-state index contributed by atoms with van der Waals surface area (Å²) >= 11 is 0. The number of rotatable bonds is 7. The monoisotopic (exact) mass is 340 g/mol. The molecule has 5 heteroatoms. The number of hydrogen-bond acceptors (Lipinski definition) is 3. The second-order valence-corrected chi connectivity index (χ2v) is 16.4. The fraction of sp³-hybridized carbons (Fsp3) is 0.647. The van der Waals surface area contributed by atoms with E-state index in [9.17, 15) is 0 Å². The lowest BCUT2D eigenvalue weighted by molar-refractivity contribution is 0.112. The lowest BCUT2D eigenvalue weighted by atomic mass is 10.00. The fourth-order valence-corrected chi connectivity index (χ4v) is 3.71. The van der Waals surface area contributed by atoms with Crippen molar-refractivity contribution in [3.8, 4) is 0 Å². The Kier molecular flexibility index (Phi) is 7.00. The average molecular weight is 341 g/mol. The van der Waals surface area contributed by atoms with Gasteiger partial charge in [-0.25, -0.2) is 0 Å².